The SMILES string of the molecule is CC[C@@]1(O)C(=O)CCc2c1cc1n(c2=O)Cc2c-1nc1cc3c(cc1c2CN1CCN(C)CC1)OCCO3. The van der Waals surface area contributed by atoms with Gasteiger partial charge < -0.3 is 24.0 Å². The van der Waals surface area contributed by atoms with Gasteiger partial charge in [0, 0.05) is 67.3 Å². The van der Waals surface area contributed by atoms with Gasteiger partial charge >= 0.3 is 0 Å². The number of likely N-dealkylation sites (N-methyl/N-ethyl adjacent to an activating group) is 1. The standard InChI is InChI=1S/C29H32N4O5/c1-3-29(36)21-13-23-27-20(16-33(23)28(35)17(21)4-5-26(29)34)19(15-32-8-6-31(2)7-9-32)18-12-24-25(14-22(18)30-27)38-11-10-37-24/h12-14,36H,3-11,15-16H2,1-2H3/t29-/m0/s1. The average Bonchev–Trinajstić information content (AvgIpc) is 3.30. The summed E-state index contributed by atoms with van der Waals surface area (Å²) in [5, 5.41) is 12.4. The van der Waals surface area contributed by atoms with Crippen LogP contribution >= 0.6 is 0 Å². The quantitative estimate of drug-likeness (QED) is 0.442. The first-order valence-corrected chi connectivity index (χ1v) is 13.6. The fourth-order valence-corrected chi connectivity index (χ4v) is 6.49. The number of Topliss-reactive ketones (excluding diaryl/α,β-unsaturated/α-hetero) is 1. The number of aromatic nitrogens is 2. The predicted molar refractivity (Wildman–Crippen MR) is 142 cm³/mol. The van der Waals surface area contributed by atoms with Crippen LogP contribution in [0.5, 0.6) is 11.5 Å². The van der Waals surface area contributed by atoms with E-state index in [0.717, 1.165) is 66.2 Å². The van der Waals surface area contributed by atoms with Crippen LogP contribution in [0, 0.1) is 0 Å². The summed E-state index contributed by atoms with van der Waals surface area (Å²) < 4.78 is 13.6. The predicted octanol–water partition coefficient (Wildman–Crippen LogP) is 2.06. The second-order valence-corrected chi connectivity index (χ2v) is 11.0. The molecule has 1 saturated heterocycles. The fraction of sp³-hybridized carbons (Fsp3) is 0.483. The maximum atomic E-state index is 13.8. The molecule has 0 bridgehead atoms. The number of rotatable bonds is 3. The molecule has 3 aliphatic heterocycles. The van der Waals surface area contributed by atoms with E-state index >= 15 is 0 Å². The number of aliphatic hydroxyl groups is 1. The van der Waals surface area contributed by atoms with Crippen LogP contribution < -0.4 is 15.0 Å². The molecule has 4 aliphatic rings. The minimum atomic E-state index is -1.63. The van der Waals surface area contributed by atoms with Crippen molar-refractivity contribution in [3.63, 3.8) is 0 Å². The Morgan fingerprint density at radius 3 is 2.47 bits per heavy atom. The molecule has 0 spiro atoms. The van der Waals surface area contributed by atoms with Gasteiger partial charge in [0.2, 0.25) is 0 Å². The first kappa shape index (κ1) is 23.8. The largest absolute Gasteiger partial charge is 0.486 e. The van der Waals surface area contributed by atoms with Crippen molar-refractivity contribution in [1.82, 2.24) is 19.4 Å². The number of benzene rings is 1. The van der Waals surface area contributed by atoms with Gasteiger partial charge in [0.1, 0.15) is 18.8 Å². The summed E-state index contributed by atoms with van der Waals surface area (Å²) in [6.07, 6.45) is 0.774. The first-order chi connectivity index (χ1) is 18.4. The molecular weight excluding hydrogens is 484 g/mol. The molecule has 0 radical (unpaired) electrons. The second-order valence-electron chi connectivity index (χ2n) is 11.0. The molecule has 9 heteroatoms. The lowest BCUT2D eigenvalue weighted by Crippen LogP contribution is -2.44. The molecule has 0 saturated carbocycles. The smallest absolute Gasteiger partial charge is 0.254 e. The summed E-state index contributed by atoms with van der Waals surface area (Å²) in [6, 6.07) is 5.82. The number of nitrogens with zero attached hydrogens (tertiary/aromatic N) is 4. The lowest BCUT2D eigenvalue weighted by molar-refractivity contribution is -0.140. The van der Waals surface area contributed by atoms with Crippen LogP contribution in [0.2, 0.25) is 0 Å². The van der Waals surface area contributed by atoms with E-state index < -0.39 is 5.60 Å². The number of carbonyl (C=O) groups is 1. The molecule has 0 amide bonds. The van der Waals surface area contributed by atoms with Gasteiger partial charge in [0.05, 0.1) is 23.4 Å². The van der Waals surface area contributed by atoms with E-state index in [1.807, 2.05) is 18.2 Å². The number of ketones is 1. The molecule has 38 heavy (non-hydrogen) atoms. The molecule has 1 atom stereocenters. The van der Waals surface area contributed by atoms with E-state index in [9.17, 15) is 14.7 Å². The zero-order chi connectivity index (χ0) is 26.2. The maximum absolute atomic E-state index is 13.8. The molecule has 2 aromatic heterocycles. The Morgan fingerprint density at radius 1 is 1.00 bits per heavy atom. The van der Waals surface area contributed by atoms with Crippen LogP contribution in [0.3, 0.4) is 0 Å². The minimum Gasteiger partial charge on any atom is -0.486 e. The third-order valence-electron chi connectivity index (χ3n) is 8.83. The number of pyridine rings is 2. The van der Waals surface area contributed by atoms with Crippen LogP contribution in [0.4, 0.5) is 0 Å². The summed E-state index contributed by atoms with van der Waals surface area (Å²) in [5.41, 5.74) is 3.62. The Labute approximate surface area is 220 Å². The topological polar surface area (TPSA) is 97.1 Å². The van der Waals surface area contributed by atoms with Crippen LogP contribution in [0.1, 0.15) is 42.0 Å². The number of piperazine rings is 1. The van der Waals surface area contributed by atoms with Crippen LogP contribution in [0.25, 0.3) is 22.3 Å². The Hall–Kier alpha value is -3.27. The van der Waals surface area contributed by atoms with Gasteiger partial charge in [0.15, 0.2) is 17.3 Å². The number of hydrogen-bond donors (Lipinski definition) is 1. The van der Waals surface area contributed by atoms with Crippen molar-refractivity contribution in [3.8, 4) is 22.9 Å². The van der Waals surface area contributed by atoms with Crippen molar-refractivity contribution in [2.45, 2.75) is 44.9 Å². The highest BCUT2D eigenvalue weighted by Gasteiger charge is 2.43. The molecule has 0 unspecified atom stereocenters. The fourth-order valence-electron chi connectivity index (χ4n) is 6.49. The van der Waals surface area contributed by atoms with Crippen molar-refractivity contribution < 1.29 is 19.4 Å². The molecule has 3 aromatic rings. The van der Waals surface area contributed by atoms with Crippen molar-refractivity contribution in [2.24, 2.45) is 0 Å². The van der Waals surface area contributed by atoms with E-state index in [-0.39, 0.29) is 24.2 Å². The number of ether oxygens (including phenoxy) is 2. The monoisotopic (exact) mass is 516 g/mol. The van der Waals surface area contributed by atoms with Gasteiger partial charge in [-0.15, -0.1) is 0 Å². The summed E-state index contributed by atoms with van der Waals surface area (Å²) in [4.78, 5) is 36.4. The molecule has 1 N–H and O–H groups in total. The third kappa shape index (κ3) is 3.45. The molecular formula is C29H32N4O5. The van der Waals surface area contributed by atoms with Crippen molar-refractivity contribution in [1.29, 1.82) is 0 Å². The molecule has 198 valence electrons. The number of hydrogen-bond acceptors (Lipinski definition) is 8. The van der Waals surface area contributed by atoms with Gasteiger partial charge in [-0.2, -0.15) is 0 Å². The zero-order valence-electron chi connectivity index (χ0n) is 21.9. The van der Waals surface area contributed by atoms with Crippen LogP contribution in [-0.4, -0.2) is 76.7 Å². The van der Waals surface area contributed by atoms with E-state index in [2.05, 4.69) is 16.8 Å². The summed E-state index contributed by atoms with van der Waals surface area (Å²) in [5.74, 6) is 1.18. The summed E-state index contributed by atoms with van der Waals surface area (Å²) >= 11 is 0. The van der Waals surface area contributed by atoms with E-state index in [0.29, 0.717) is 48.7 Å². The lowest BCUT2D eigenvalue weighted by atomic mass is 9.77. The first-order valence-electron chi connectivity index (χ1n) is 13.6. The van der Waals surface area contributed by atoms with Gasteiger partial charge in [-0.25, -0.2) is 4.98 Å². The number of fused-ring (bicyclic) bond motifs is 6. The van der Waals surface area contributed by atoms with E-state index in [1.54, 1.807) is 11.5 Å². The maximum Gasteiger partial charge on any atom is 0.254 e. The average molecular weight is 517 g/mol. The van der Waals surface area contributed by atoms with Crippen LogP contribution in [-0.2, 0) is 29.9 Å². The normalized spacial score (nSPS) is 22.9. The highest BCUT2D eigenvalue weighted by molar-refractivity contribution is 5.93. The molecule has 7 rings (SSSR count). The molecule has 1 aliphatic carbocycles. The second kappa shape index (κ2) is 8.62. The van der Waals surface area contributed by atoms with Crippen molar-refractivity contribution in [3.05, 3.63) is 50.8 Å². The van der Waals surface area contributed by atoms with Crippen molar-refractivity contribution >= 4 is 16.7 Å². The van der Waals surface area contributed by atoms with Crippen LogP contribution in [0.15, 0.2) is 23.0 Å². The Balaban J connectivity index is 1.44. The molecule has 1 aromatic carbocycles. The van der Waals surface area contributed by atoms with E-state index in [4.69, 9.17) is 14.5 Å². The third-order valence-corrected chi connectivity index (χ3v) is 8.83. The summed E-state index contributed by atoms with van der Waals surface area (Å²) in [6.45, 7) is 7.91. The molecule has 1 fully saturated rings. The van der Waals surface area contributed by atoms with Gasteiger partial charge in [-0.1, -0.05) is 6.92 Å². The Bertz CT molecular complexity index is 1560. The van der Waals surface area contributed by atoms with Gasteiger partial charge in [-0.3, -0.25) is 14.5 Å². The van der Waals surface area contributed by atoms with E-state index in [1.165, 1.54) is 0 Å². The highest BCUT2D eigenvalue weighted by atomic mass is 16.6. The van der Waals surface area contributed by atoms with Gasteiger partial charge in [0.25, 0.3) is 5.56 Å². The molecule has 5 heterocycles. The summed E-state index contributed by atoms with van der Waals surface area (Å²) in [7, 11) is 2.15. The van der Waals surface area contributed by atoms with Crippen molar-refractivity contribution in [2.75, 3.05) is 46.4 Å². The molecule has 9 nitrogen and oxygen atoms in total. The van der Waals surface area contributed by atoms with Gasteiger partial charge in [-0.05, 0) is 37.6 Å². The Morgan fingerprint density at radius 2 is 1.74 bits per heavy atom. The zero-order valence-corrected chi connectivity index (χ0v) is 21.9. The lowest BCUT2D eigenvalue weighted by Gasteiger charge is -2.33. The number of carbonyl (C=O) groups excluding carboxylic acids is 1. The minimum absolute atomic E-state index is 0.129. The Kier molecular flexibility index (Phi) is 5.41. The highest BCUT2D eigenvalue weighted by Crippen LogP contribution is 2.43.